The Morgan fingerprint density at radius 2 is 2.00 bits per heavy atom. The number of benzene rings is 1. The van der Waals surface area contributed by atoms with Gasteiger partial charge < -0.3 is 0 Å². The van der Waals surface area contributed by atoms with Crippen molar-refractivity contribution in [1.82, 2.24) is 19.6 Å². The number of carbonyl (C=O) groups excluding carboxylic acids is 1. The smallest absolute Gasteiger partial charge is 0.253 e. The van der Waals surface area contributed by atoms with E-state index in [1.807, 2.05) is 0 Å². The third-order valence-electron chi connectivity index (χ3n) is 4.55. The van der Waals surface area contributed by atoms with Crippen LogP contribution in [0.4, 0.5) is 0 Å². The molecule has 0 saturated carbocycles. The molecule has 25 heavy (non-hydrogen) atoms. The molecule has 2 heterocycles. The number of ketones is 1. The molecule has 1 aliphatic carbocycles. The number of aromatic nitrogens is 4. The van der Waals surface area contributed by atoms with Gasteiger partial charge in [-0.3, -0.25) is 4.79 Å². The lowest BCUT2D eigenvalue weighted by Crippen LogP contribution is -2.21. The van der Waals surface area contributed by atoms with Gasteiger partial charge in [-0.1, -0.05) is 48.5 Å². The zero-order valence-electron chi connectivity index (χ0n) is 14.4. The number of nitrogens with zero attached hydrogens (tertiary/aromatic N) is 4. The van der Waals surface area contributed by atoms with E-state index >= 15 is 0 Å². The van der Waals surface area contributed by atoms with E-state index in [-0.39, 0.29) is 11.7 Å². The highest BCUT2D eigenvalue weighted by Crippen LogP contribution is 2.32. The summed E-state index contributed by atoms with van der Waals surface area (Å²) in [6.45, 7) is 4.20. The Hall–Kier alpha value is -2.21. The van der Waals surface area contributed by atoms with Gasteiger partial charge in [0.25, 0.3) is 5.78 Å². The number of thioether (sulfide) groups is 1. The van der Waals surface area contributed by atoms with Gasteiger partial charge in [-0.15, -0.1) is 5.10 Å². The van der Waals surface area contributed by atoms with Crippen LogP contribution in [0.25, 0.3) is 5.78 Å². The monoisotopic (exact) mass is 352 g/mol. The maximum Gasteiger partial charge on any atom is 0.253 e. The lowest BCUT2D eigenvalue weighted by atomic mass is 9.82. The SMILES string of the molecule is CCCSc1nc2nc3c(cn2n1)C(=O)C[C@@H](c1ccc(C)cc1)C3. The summed E-state index contributed by atoms with van der Waals surface area (Å²) in [4.78, 5) is 21.8. The molecule has 0 radical (unpaired) electrons. The molecule has 0 unspecified atom stereocenters. The molecule has 3 aromatic rings. The number of Topliss-reactive ketones (excluding diaryl/α,β-unsaturated/α-hetero) is 1. The summed E-state index contributed by atoms with van der Waals surface area (Å²) in [5.41, 5.74) is 3.96. The number of hydrogen-bond donors (Lipinski definition) is 0. The number of carbonyl (C=O) groups is 1. The van der Waals surface area contributed by atoms with Gasteiger partial charge in [0.05, 0.1) is 11.3 Å². The van der Waals surface area contributed by atoms with Crippen LogP contribution in [0.3, 0.4) is 0 Å². The van der Waals surface area contributed by atoms with Crippen molar-refractivity contribution in [3.8, 4) is 0 Å². The van der Waals surface area contributed by atoms with Crippen LogP contribution >= 0.6 is 11.8 Å². The van der Waals surface area contributed by atoms with Crippen molar-refractivity contribution in [2.75, 3.05) is 5.75 Å². The van der Waals surface area contributed by atoms with Crippen molar-refractivity contribution >= 4 is 23.3 Å². The van der Waals surface area contributed by atoms with Gasteiger partial charge in [-0.25, -0.2) is 9.50 Å². The highest BCUT2D eigenvalue weighted by molar-refractivity contribution is 7.99. The Morgan fingerprint density at radius 1 is 1.20 bits per heavy atom. The lowest BCUT2D eigenvalue weighted by molar-refractivity contribution is 0.0962. The van der Waals surface area contributed by atoms with Crippen molar-refractivity contribution in [1.29, 1.82) is 0 Å². The van der Waals surface area contributed by atoms with Crippen LogP contribution in [0.15, 0.2) is 35.6 Å². The average Bonchev–Trinajstić information content (AvgIpc) is 3.00. The minimum Gasteiger partial charge on any atom is -0.294 e. The van der Waals surface area contributed by atoms with Gasteiger partial charge in [0.1, 0.15) is 0 Å². The minimum atomic E-state index is 0.138. The molecule has 4 rings (SSSR count). The molecular weight excluding hydrogens is 332 g/mol. The predicted octanol–water partition coefficient (Wildman–Crippen LogP) is 3.85. The van der Waals surface area contributed by atoms with E-state index in [4.69, 9.17) is 0 Å². The van der Waals surface area contributed by atoms with E-state index < -0.39 is 0 Å². The van der Waals surface area contributed by atoms with Crippen molar-refractivity contribution in [3.05, 3.63) is 52.8 Å². The maximum atomic E-state index is 12.7. The standard InChI is InChI=1S/C19H20N4OS/c1-3-8-25-19-21-18-20-16-9-14(13-6-4-12(2)5-7-13)10-17(24)15(16)11-23(18)22-19/h4-7,11,14H,3,8-10H2,1-2H3/t14-/m0/s1. The molecule has 2 aromatic heterocycles. The Morgan fingerprint density at radius 3 is 2.76 bits per heavy atom. The summed E-state index contributed by atoms with van der Waals surface area (Å²) in [5, 5.41) is 5.15. The summed E-state index contributed by atoms with van der Waals surface area (Å²) in [6, 6.07) is 8.43. The second kappa shape index (κ2) is 6.59. The van der Waals surface area contributed by atoms with Crippen LogP contribution in [0.2, 0.25) is 0 Å². The maximum absolute atomic E-state index is 12.7. The quantitative estimate of drug-likeness (QED) is 0.668. The molecule has 6 heteroatoms. The molecule has 0 amide bonds. The van der Waals surface area contributed by atoms with Crippen LogP contribution in [-0.4, -0.2) is 31.1 Å². The van der Waals surface area contributed by atoms with Crippen LogP contribution in [0.1, 0.15) is 52.9 Å². The molecule has 0 aliphatic heterocycles. The summed E-state index contributed by atoms with van der Waals surface area (Å²) in [6.07, 6.45) is 4.16. The van der Waals surface area contributed by atoms with Crippen molar-refractivity contribution in [2.45, 2.75) is 44.2 Å². The molecular formula is C19H20N4OS. The normalized spacial score (nSPS) is 17.0. The molecule has 0 saturated heterocycles. The fraction of sp³-hybridized carbons (Fsp3) is 0.368. The van der Waals surface area contributed by atoms with Gasteiger partial charge in [0.15, 0.2) is 5.78 Å². The summed E-state index contributed by atoms with van der Waals surface area (Å²) >= 11 is 1.62. The molecule has 0 spiro atoms. The first-order valence-electron chi connectivity index (χ1n) is 8.63. The van der Waals surface area contributed by atoms with Gasteiger partial charge >= 0.3 is 0 Å². The Bertz CT molecular complexity index is 932. The number of fused-ring (bicyclic) bond motifs is 2. The van der Waals surface area contributed by atoms with E-state index in [9.17, 15) is 4.79 Å². The topological polar surface area (TPSA) is 60.1 Å². The van der Waals surface area contributed by atoms with Crippen molar-refractivity contribution in [3.63, 3.8) is 0 Å². The molecule has 1 atom stereocenters. The summed E-state index contributed by atoms with van der Waals surface area (Å²) in [7, 11) is 0. The zero-order valence-corrected chi connectivity index (χ0v) is 15.2. The Balaban J connectivity index is 1.67. The second-order valence-corrected chi connectivity index (χ2v) is 7.59. The zero-order chi connectivity index (χ0) is 17.4. The minimum absolute atomic E-state index is 0.138. The molecule has 128 valence electrons. The van der Waals surface area contributed by atoms with E-state index in [2.05, 4.69) is 53.2 Å². The number of rotatable bonds is 4. The molecule has 1 aromatic carbocycles. The average molecular weight is 352 g/mol. The first kappa shape index (κ1) is 16.3. The van der Waals surface area contributed by atoms with Crippen LogP contribution in [0.5, 0.6) is 0 Å². The molecule has 0 N–H and O–H groups in total. The number of hydrogen-bond acceptors (Lipinski definition) is 5. The van der Waals surface area contributed by atoms with E-state index in [0.717, 1.165) is 29.4 Å². The molecule has 1 aliphatic rings. The van der Waals surface area contributed by atoms with E-state index in [1.54, 1.807) is 22.5 Å². The van der Waals surface area contributed by atoms with Gasteiger partial charge in [-0.05, 0) is 31.2 Å². The van der Waals surface area contributed by atoms with E-state index in [1.165, 1.54) is 11.1 Å². The third-order valence-corrected chi connectivity index (χ3v) is 5.59. The fourth-order valence-electron chi connectivity index (χ4n) is 3.19. The predicted molar refractivity (Wildman–Crippen MR) is 98.4 cm³/mol. The summed E-state index contributed by atoms with van der Waals surface area (Å²) < 4.78 is 1.64. The Labute approximate surface area is 150 Å². The van der Waals surface area contributed by atoms with Crippen LogP contribution in [-0.2, 0) is 6.42 Å². The third kappa shape index (κ3) is 3.18. The molecule has 0 fully saturated rings. The van der Waals surface area contributed by atoms with Crippen molar-refractivity contribution < 1.29 is 4.79 Å². The first-order chi connectivity index (χ1) is 12.1. The second-order valence-electron chi connectivity index (χ2n) is 6.53. The lowest BCUT2D eigenvalue weighted by Gasteiger charge is -2.23. The largest absolute Gasteiger partial charge is 0.294 e. The Kier molecular flexibility index (Phi) is 4.29. The highest BCUT2D eigenvalue weighted by Gasteiger charge is 2.28. The molecule has 5 nitrogen and oxygen atoms in total. The van der Waals surface area contributed by atoms with Gasteiger partial charge in [-0.2, -0.15) is 4.98 Å². The van der Waals surface area contributed by atoms with Crippen LogP contribution in [0, 0.1) is 6.92 Å². The molecule has 0 bridgehead atoms. The summed E-state index contributed by atoms with van der Waals surface area (Å²) in [5.74, 6) is 1.88. The highest BCUT2D eigenvalue weighted by atomic mass is 32.2. The van der Waals surface area contributed by atoms with Crippen LogP contribution < -0.4 is 0 Å². The fourth-order valence-corrected chi connectivity index (χ4v) is 3.87. The van der Waals surface area contributed by atoms with Gasteiger partial charge in [0, 0.05) is 18.4 Å². The van der Waals surface area contributed by atoms with Gasteiger partial charge in [0.2, 0.25) is 5.16 Å². The van der Waals surface area contributed by atoms with E-state index in [0.29, 0.717) is 17.8 Å². The first-order valence-corrected chi connectivity index (χ1v) is 9.61. The van der Waals surface area contributed by atoms with Crippen molar-refractivity contribution in [2.24, 2.45) is 0 Å². The number of aryl methyl sites for hydroxylation is 1.